The lowest BCUT2D eigenvalue weighted by Crippen LogP contribution is -2.48. The maximum absolute atomic E-state index is 12.2. The van der Waals surface area contributed by atoms with Crippen LogP contribution in [-0.2, 0) is 10.0 Å². The van der Waals surface area contributed by atoms with Crippen molar-refractivity contribution in [3.8, 4) is 0 Å². The Morgan fingerprint density at radius 3 is 2.81 bits per heavy atom. The van der Waals surface area contributed by atoms with Crippen molar-refractivity contribution in [1.29, 1.82) is 0 Å². The van der Waals surface area contributed by atoms with Crippen molar-refractivity contribution in [2.24, 2.45) is 11.7 Å². The molecule has 0 bridgehead atoms. The van der Waals surface area contributed by atoms with Gasteiger partial charge in [0, 0.05) is 31.5 Å². The number of nitrogens with one attached hydrogen (secondary N) is 1. The minimum atomic E-state index is -3.36. The molecule has 0 spiro atoms. The lowest BCUT2D eigenvalue weighted by atomic mass is 9.99. The zero-order chi connectivity index (χ0) is 11.8. The average molecular weight is 243 g/mol. The molecule has 1 aromatic heterocycles. The normalized spacial score (nSPS) is 28.1. The van der Waals surface area contributed by atoms with E-state index in [1.54, 1.807) is 12.3 Å². The molecule has 90 valence electrons. The Labute approximate surface area is 95.7 Å². The fourth-order valence-corrected chi connectivity index (χ4v) is 3.76. The number of nitrogens with two attached hydrogens (primary N) is 1. The van der Waals surface area contributed by atoms with Crippen molar-refractivity contribution in [2.75, 3.05) is 13.1 Å². The molecule has 1 aliphatic rings. The van der Waals surface area contributed by atoms with Crippen LogP contribution in [0.1, 0.15) is 13.3 Å². The van der Waals surface area contributed by atoms with Gasteiger partial charge in [0.15, 0.2) is 0 Å². The van der Waals surface area contributed by atoms with E-state index in [4.69, 9.17) is 5.73 Å². The highest BCUT2D eigenvalue weighted by Gasteiger charge is 2.31. The van der Waals surface area contributed by atoms with E-state index in [0.29, 0.717) is 23.9 Å². The molecule has 1 saturated heterocycles. The van der Waals surface area contributed by atoms with Gasteiger partial charge in [0.05, 0.1) is 4.90 Å². The number of hydrogen-bond donors (Lipinski definition) is 2. The summed E-state index contributed by atoms with van der Waals surface area (Å²) in [6, 6.07) is 1.51. The van der Waals surface area contributed by atoms with Crippen LogP contribution in [0.15, 0.2) is 23.4 Å². The van der Waals surface area contributed by atoms with Crippen LogP contribution in [0.25, 0.3) is 0 Å². The van der Waals surface area contributed by atoms with E-state index in [1.165, 1.54) is 10.5 Å². The minimum Gasteiger partial charge on any atom is -0.366 e. The highest BCUT2D eigenvalue weighted by Crippen LogP contribution is 2.22. The maximum Gasteiger partial charge on any atom is 0.244 e. The summed E-state index contributed by atoms with van der Waals surface area (Å²) in [5.41, 5.74) is 5.85. The Bertz CT molecular complexity index is 431. The molecule has 5 nitrogen and oxygen atoms in total. The molecular formula is C10H17N3O2S. The van der Waals surface area contributed by atoms with Crippen molar-refractivity contribution in [1.82, 2.24) is 9.29 Å². The smallest absolute Gasteiger partial charge is 0.244 e. The number of hydrogen-bond acceptors (Lipinski definition) is 3. The van der Waals surface area contributed by atoms with Crippen LogP contribution in [0.5, 0.6) is 0 Å². The molecule has 2 unspecified atom stereocenters. The number of rotatable bonds is 2. The minimum absolute atomic E-state index is 0.0579. The third kappa shape index (κ3) is 2.14. The zero-order valence-corrected chi connectivity index (χ0v) is 10.1. The average Bonchev–Trinajstić information content (AvgIpc) is 2.69. The molecule has 6 heteroatoms. The maximum atomic E-state index is 12.2. The zero-order valence-electron chi connectivity index (χ0n) is 9.26. The van der Waals surface area contributed by atoms with Gasteiger partial charge in [-0.3, -0.25) is 0 Å². The van der Waals surface area contributed by atoms with E-state index in [2.05, 4.69) is 4.98 Å². The summed E-state index contributed by atoms with van der Waals surface area (Å²) in [7, 11) is -3.36. The Morgan fingerprint density at radius 2 is 2.25 bits per heavy atom. The number of piperidine rings is 1. The standard InChI is InChI=1S/C10H17N3O2S/c1-8-4-9(11)7-13(6-8)16(14,15)10-2-3-12-5-10/h2-3,5,8-9,12H,4,6-7,11H2,1H3. The Kier molecular flexibility index (Phi) is 3.05. The molecule has 1 aromatic rings. The number of aromatic nitrogens is 1. The van der Waals surface area contributed by atoms with Gasteiger partial charge in [0.1, 0.15) is 0 Å². The molecule has 2 rings (SSSR count). The number of aromatic amines is 1. The van der Waals surface area contributed by atoms with Crippen molar-refractivity contribution in [3.63, 3.8) is 0 Å². The molecule has 2 heterocycles. The van der Waals surface area contributed by atoms with Gasteiger partial charge < -0.3 is 10.7 Å². The van der Waals surface area contributed by atoms with E-state index < -0.39 is 10.0 Å². The molecule has 2 atom stereocenters. The summed E-state index contributed by atoms with van der Waals surface area (Å²) in [5, 5.41) is 0. The molecule has 1 aliphatic heterocycles. The van der Waals surface area contributed by atoms with Gasteiger partial charge >= 0.3 is 0 Å². The van der Waals surface area contributed by atoms with E-state index >= 15 is 0 Å². The highest BCUT2D eigenvalue weighted by atomic mass is 32.2. The summed E-state index contributed by atoms with van der Waals surface area (Å²) >= 11 is 0. The lowest BCUT2D eigenvalue weighted by molar-refractivity contribution is 0.254. The van der Waals surface area contributed by atoms with E-state index in [0.717, 1.165) is 6.42 Å². The van der Waals surface area contributed by atoms with Crippen molar-refractivity contribution in [3.05, 3.63) is 18.5 Å². The molecule has 0 radical (unpaired) electrons. The second kappa shape index (κ2) is 4.20. The van der Waals surface area contributed by atoms with Crippen molar-refractivity contribution >= 4 is 10.0 Å². The van der Waals surface area contributed by atoms with E-state index in [9.17, 15) is 8.42 Å². The summed E-state index contributed by atoms with van der Waals surface area (Å²) < 4.78 is 25.9. The van der Waals surface area contributed by atoms with Crippen molar-refractivity contribution in [2.45, 2.75) is 24.3 Å². The second-order valence-corrected chi connectivity index (χ2v) is 6.41. The van der Waals surface area contributed by atoms with Crippen LogP contribution in [0.2, 0.25) is 0 Å². The first-order valence-electron chi connectivity index (χ1n) is 5.38. The van der Waals surface area contributed by atoms with Crippen LogP contribution >= 0.6 is 0 Å². The largest absolute Gasteiger partial charge is 0.366 e. The number of sulfonamides is 1. The first-order valence-corrected chi connectivity index (χ1v) is 6.82. The van der Waals surface area contributed by atoms with E-state index in [-0.39, 0.29) is 6.04 Å². The van der Waals surface area contributed by atoms with Crippen LogP contribution < -0.4 is 5.73 Å². The molecule has 0 saturated carbocycles. The molecular weight excluding hydrogens is 226 g/mol. The van der Waals surface area contributed by atoms with Gasteiger partial charge in [-0.05, 0) is 18.4 Å². The quantitative estimate of drug-likeness (QED) is 0.787. The van der Waals surface area contributed by atoms with E-state index in [1.807, 2.05) is 6.92 Å². The SMILES string of the molecule is CC1CC(N)CN(S(=O)(=O)c2cc[nH]c2)C1. The van der Waals surface area contributed by atoms with Crippen LogP contribution in [-0.4, -0.2) is 36.8 Å². The number of H-pyrrole nitrogens is 1. The van der Waals surface area contributed by atoms with Crippen LogP contribution in [0.3, 0.4) is 0 Å². The van der Waals surface area contributed by atoms with Crippen LogP contribution in [0, 0.1) is 5.92 Å². The third-order valence-corrected chi connectivity index (χ3v) is 4.69. The van der Waals surface area contributed by atoms with Crippen LogP contribution in [0.4, 0.5) is 0 Å². The molecule has 3 N–H and O–H groups in total. The fourth-order valence-electron chi connectivity index (χ4n) is 2.16. The predicted molar refractivity (Wildman–Crippen MR) is 61.3 cm³/mol. The van der Waals surface area contributed by atoms with Gasteiger partial charge in [-0.1, -0.05) is 6.92 Å². The topological polar surface area (TPSA) is 79.2 Å². The molecule has 0 amide bonds. The Hall–Kier alpha value is -0.850. The number of nitrogens with zero attached hydrogens (tertiary/aromatic N) is 1. The second-order valence-electron chi connectivity index (χ2n) is 4.47. The summed E-state index contributed by atoms with van der Waals surface area (Å²) in [4.78, 5) is 3.07. The Balaban J connectivity index is 2.24. The molecule has 1 fully saturated rings. The third-order valence-electron chi connectivity index (χ3n) is 2.87. The first-order chi connectivity index (χ1) is 7.50. The predicted octanol–water partition coefficient (Wildman–Crippen LogP) is 0.372. The molecule has 16 heavy (non-hydrogen) atoms. The summed E-state index contributed by atoms with van der Waals surface area (Å²) in [6.07, 6.45) is 4.00. The summed E-state index contributed by atoms with van der Waals surface area (Å²) in [5.74, 6) is 0.317. The highest BCUT2D eigenvalue weighted by molar-refractivity contribution is 7.89. The first kappa shape index (κ1) is 11.6. The lowest BCUT2D eigenvalue weighted by Gasteiger charge is -2.33. The molecule has 0 aromatic carbocycles. The van der Waals surface area contributed by atoms with Gasteiger partial charge in [-0.25, -0.2) is 8.42 Å². The summed E-state index contributed by atoms with van der Waals surface area (Å²) in [6.45, 7) is 3.00. The van der Waals surface area contributed by atoms with Gasteiger partial charge in [-0.2, -0.15) is 4.31 Å². The van der Waals surface area contributed by atoms with Gasteiger partial charge in [0.25, 0.3) is 0 Å². The fraction of sp³-hybridized carbons (Fsp3) is 0.600. The molecule has 0 aliphatic carbocycles. The monoisotopic (exact) mass is 243 g/mol. The van der Waals surface area contributed by atoms with Gasteiger partial charge in [-0.15, -0.1) is 0 Å². The Morgan fingerprint density at radius 1 is 1.50 bits per heavy atom. The van der Waals surface area contributed by atoms with Gasteiger partial charge in [0.2, 0.25) is 10.0 Å². The van der Waals surface area contributed by atoms with Crippen molar-refractivity contribution < 1.29 is 8.42 Å².